The molecule has 0 aromatic carbocycles. The number of aryl methyl sites for hydroxylation is 1. The Hall–Kier alpha value is -2.24. The Morgan fingerprint density at radius 3 is 2.84 bits per heavy atom. The maximum Gasteiger partial charge on any atom is 0.303 e. The van der Waals surface area contributed by atoms with Crippen molar-refractivity contribution in [1.82, 2.24) is 15.2 Å². The summed E-state index contributed by atoms with van der Waals surface area (Å²) < 4.78 is 5.51. The smallest absolute Gasteiger partial charge is 0.303 e. The van der Waals surface area contributed by atoms with Crippen LogP contribution in [0.3, 0.4) is 0 Å². The fourth-order valence-corrected chi connectivity index (χ4v) is 1.72. The second-order valence-electron chi connectivity index (χ2n) is 4.60. The van der Waals surface area contributed by atoms with Crippen molar-refractivity contribution >= 4 is 5.97 Å². The van der Waals surface area contributed by atoms with Gasteiger partial charge in [0.2, 0.25) is 11.8 Å². The molecule has 0 radical (unpaired) electrons. The van der Waals surface area contributed by atoms with Crippen molar-refractivity contribution in [3.8, 4) is 11.5 Å². The maximum atomic E-state index is 10.6. The van der Waals surface area contributed by atoms with Gasteiger partial charge in [0.1, 0.15) is 0 Å². The molecule has 100 valence electrons. The van der Waals surface area contributed by atoms with E-state index in [-0.39, 0.29) is 12.3 Å². The van der Waals surface area contributed by atoms with Crippen LogP contribution < -0.4 is 0 Å². The number of carboxylic acid groups (broad SMARTS) is 1. The lowest BCUT2D eigenvalue weighted by atomic mass is 10.0. The topological polar surface area (TPSA) is 89.1 Å². The van der Waals surface area contributed by atoms with Crippen LogP contribution in [0.15, 0.2) is 22.7 Å². The second kappa shape index (κ2) is 5.60. The molecule has 0 aliphatic heterocycles. The first kappa shape index (κ1) is 13.2. The Morgan fingerprint density at radius 1 is 1.42 bits per heavy atom. The molecule has 1 unspecified atom stereocenters. The Balaban J connectivity index is 2.06. The summed E-state index contributed by atoms with van der Waals surface area (Å²) in [6.07, 6.45) is 2.22. The predicted octanol–water partition coefficient (Wildman–Crippen LogP) is 2.09. The maximum absolute atomic E-state index is 10.6. The molecule has 0 aliphatic rings. The first-order valence-electron chi connectivity index (χ1n) is 6.02. The Kier molecular flexibility index (Phi) is 3.89. The average Bonchev–Trinajstić information content (AvgIpc) is 2.77. The monoisotopic (exact) mass is 261 g/mol. The van der Waals surface area contributed by atoms with Gasteiger partial charge in [0, 0.05) is 24.7 Å². The average molecular weight is 261 g/mol. The summed E-state index contributed by atoms with van der Waals surface area (Å²) in [7, 11) is 0. The van der Waals surface area contributed by atoms with E-state index in [9.17, 15) is 4.79 Å². The van der Waals surface area contributed by atoms with Gasteiger partial charge in [0.25, 0.3) is 0 Å². The van der Waals surface area contributed by atoms with Crippen LogP contribution in [0.5, 0.6) is 0 Å². The Labute approximate surface area is 110 Å². The molecule has 6 heteroatoms. The molecule has 2 aromatic rings. The number of rotatable bonds is 5. The van der Waals surface area contributed by atoms with Gasteiger partial charge in [0.05, 0.1) is 5.56 Å². The number of nitrogens with zero attached hydrogens (tertiary/aromatic N) is 3. The van der Waals surface area contributed by atoms with Gasteiger partial charge >= 0.3 is 5.97 Å². The van der Waals surface area contributed by atoms with Crippen molar-refractivity contribution in [2.24, 2.45) is 5.92 Å². The number of aromatic nitrogens is 3. The van der Waals surface area contributed by atoms with Gasteiger partial charge in [-0.2, -0.15) is 0 Å². The summed E-state index contributed by atoms with van der Waals surface area (Å²) in [5.74, 6) is -0.00809. The SMILES string of the molecule is Cc1ccc(-c2nnc(CC(C)CC(=O)O)o2)cn1. The van der Waals surface area contributed by atoms with Gasteiger partial charge in [0.15, 0.2) is 0 Å². The lowest BCUT2D eigenvalue weighted by molar-refractivity contribution is -0.137. The van der Waals surface area contributed by atoms with Crippen molar-refractivity contribution < 1.29 is 14.3 Å². The number of aliphatic carboxylic acids is 1. The van der Waals surface area contributed by atoms with Gasteiger partial charge in [-0.1, -0.05) is 6.92 Å². The van der Waals surface area contributed by atoms with Gasteiger partial charge in [-0.15, -0.1) is 10.2 Å². The largest absolute Gasteiger partial charge is 0.481 e. The van der Waals surface area contributed by atoms with Crippen LogP contribution in [0.1, 0.15) is 24.9 Å². The molecule has 0 fully saturated rings. The normalized spacial score (nSPS) is 12.3. The molecule has 19 heavy (non-hydrogen) atoms. The predicted molar refractivity (Wildman–Crippen MR) is 67.4 cm³/mol. The molecular formula is C13H15N3O3. The summed E-state index contributed by atoms with van der Waals surface area (Å²) in [5.41, 5.74) is 1.67. The van der Waals surface area contributed by atoms with Crippen LogP contribution in [0.4, 0.5) is 0 Å². The molecule has 2 aromatic heterocycles. The van der Waals surface area contributed by atoms with Crippen LogP contribution in [-0.4, -0.2) is 26.3 Å². The molecular weight excluding hydrogens is 246 g/mol. The molecule has 0 aliphatic carbocycles. The minimum atomic E-state index is -0.824. The van der Waals surface area contributed by atoms with E-state index < -0.39 is 5.97 Å². The summed E-state index contributed by atoms with van der Waals surface area (Å²) in [6, 6.07) is 3.73. The van der Waals surface area contributed by atoms with Crippen LogP contribution in [-0.2, 0) is 11.2 Å². The molecule has 0 saturated heterocycles. The van der Waals surface area contributed by atoms with Crippen molar-refractivity contribution in [3.05, 3.63) is 29.9 Å². The van der Waals surface area contributed by atoms with Crippen LogP contribution in [0, 0.1) is 12.8 Å². The zero-order valence-corrected chi connectivity index (χ0v) is 10.8. The Bertz CT molecular complexity index is 563. The van der Waals surface area contributed by atoms with E-state index >= 15 is 0 Å². The highest BCUT2D eigenvalue weighted by atomic mass is 16.4. The van der Waals surface area contributed by atoms with Crippen molar-refractivity contribution in [2.45, 2.75) is 26.7 Å². The van der Waals surface area contributed by atoms with Gasteiger partial charge in [-0.3, -0.25) is 9.78 Å². The van der Waals surface area contributed by atoms with Crippen molar-refractivity contribution in [1.29, 1.82) is 0 Å². The highest BCUT2D eigenvalue weighted by Gasteiger charge is 2.14. The van der Waals surface area contributed by atoms with E-state index in [2.05, 4.69) is 15.2 Å². The standard InChI is InChI=1S/C13H15N3O3/c1-8(6-12(17)18)5-11-15-16-13(19-11)10-4-3-9(2)14-7-10/h3-4,7-8H,5-6H2,1-2H3,(H,17,18). The second-order valence-corrected chi connectivity index (χ2v) is 4.60. The number of carboxylic acids is 1. The van der Waals surface area contributed by atoms with E-state index in [1.807, 2.05) is 26.0 Å². The summed E-state index contributed by atoms with van der Waals surface area (Å²) in [4.78, 5) is 14.7. The summed E-state index contributed by atoms with van der Waals surface area (Å²) >= 11 is 0. The van der Waals surface area contributed by atoms with Crippen LogP contribution in [0.25, 0.3) is 11.5 Å². The zero-order valence-electron chi connectivity index (χ0n) is 10.8. The minimum absolute atomic E-state index is 0.0399. The fraction of sp³-hybridized carbons (Fsp3) is 0.385. The first-order chi connectivity index (χ1) is 9.04. The molecule has 0 saturated carbocycles. The number of pyridine rings is 1. The molecule has 2 rings (SSSR count). The fourth-order valence-electron chi connectivity index (χ4n) is 1.72. The van der Waals surface area contributed by atoms with E-state index in [0.29, 0.717) is 18.2 Å². The highest BCUT2D eigenvalue weighted by Crippen LogP contribution is 2.19. The Morgan fingerprint density at radius 2 is 2.21 bits per heavy atom. The molecule has 0 spiro atoms. The molecule has 0 amide bonds. The quantitative estimate of drug-likeness (QED) is 0.886. The number of hydrogen-bond acceptors (Lipinski definition) is 5. The van der Waals surface area contributed by atoms with Crippen molar-refractivity contribution in [2.75, 3.05) is 0 Å². The lowest BCUT2D eigenvalue weighted by Gasteiger charge is -2.03. The van der Waals surface area contributed by atoms with Crippen molar-refractivity contribution in [3.63, 3.8) is 0 Å². The van der Waals surface area contributed by atoms with Gasteiger partial charge in [-0.05, 0) is 25.0 Å². The van der Waals surface area contributed by atoms with Crippen LogP contribution in [0.2, 0.25) is 0 Å². The molecule has 1 atom stereocenters. The third kappa shape index (κ3) is 3.61. The highest BCUT2D eigenvalue weighted by molar-refractivity contribution is 5.66. The zero-order chi connectivity index (χ0) is 13.8. The summed E-state index contributed by atoms with van der Waals surface area (Å²) in [5, 5.41) is 16.6. The lowest BCUT2D eigenvalue weighted by Crippen LogP contribution is -2.07. The van der Waals surface area contributed by atoms with E-state index in [1.165, 1.54) is 0 Å². The molecule has 2 heterocycles. The first-order valence-corrected chi connectivity index (χ1v) is 6.02. The third-order valence-electron chi connectivity index (χ3n) is 2.67. The minimum Gasteiger partial charge on any atom is -0.481 e. The summed E-state index contributed by atoms with van der Waals surface area (Å²) in [6.45, 7) is 3.74. The number of hydrogen-bond donors (Lipinski definition) is 1. The number of carbonyl (C=O) groups is 1. The van der Waals surface area contributed by atoms with E-state index in [4.69, 9.17) is 9.52 Å². The van der Waals surface area contributed by atoms with Gasteiger partial charge in [-0.25, -0.2) is 0 Å². The molecule has 6 nitrogen and oxygen atoms in total. The third-order valence-corrected chi connectivity index (χ3v) is 2.67. The molecule has 0 bridgehead atoms. The van der Waals surface area contributed by atoms with E-state index in [0.717, 1.165) is 11.3 Å². The van der Waals surface area contributed by atoms with E-state index in [1.54, 1.807) is 6.20 Å². The molecule has 1 N–H and O–H groups in total. The van der Waals surface area contributed by atoms with Gasteiger partial charge < -0.3 is 9.52 Å². The van der Waals surface area contributed by atoms with Crippen LogP contribution >= 0.6 is 0 Å².